The van der Waals surface area contributed by atoms with E-state index in [0.29, 0.717) is 6.42 Å². The molecule has 1 fully saturated rings. The standard InChI is InChI=1S/C19H30N2O3S/c1-20(15-19(23)24)16-7-5-12-21(13-11-16)18(22)10-4-2-3-8-17-9-6-14-25-17/h6,9,14,16H,2-5,7-8,10-13,15H2,1H3,(H,23,24). The van der Waals surface area contributed by atoms with E-state index >= 15 is 0 Å². The number of nitrogens with zero attached hydrogens (tertiary/aromatic N) is 2. The fourth-order valence-corrected chi connectivity index (χ4v) is 4.23. The molecule has 1 amide bonds. The third-order valence-electron chi connectivity index (χ3n) is 4.95. The topological polar surface area (TPSA) is 60.9 Å². The van der Waals surface area contributed by atoms with Crippen molar-refractivity contribution in [2.45, 2.75) is 57.4 Å². The monoisotopic (exact) mass is 366 g/mol. The van der Waals surface area contributed by atoms with Gasteiger partial charge in [0.15, 0.2) is 0 Å². The van der Waals surface area contributed by atoms with Gasteiger partial charge >= 0.3 is 5.97 Å². The summed E-state index contributed by atoms with van der Waals surface area (Å²) < 4.78 is 0. The van der Waals surface area contributed by atoms with E-state index in [2.05, 4.69) is 17.5 Å². The van der Waals surface area contributed by atoms with Crippen LogP contribution in [-0.4, -0.2) is 59.5 Å². The molecule has 1 aromatic heterocycles. The molecule has 6 heteroatoms. The van der Waals surface area contributed by atoms with Crippen LogP contribution in [-0.2, 0) is 16.0 Å². The third-order valence-corrected chi connectivity index (χ3v) is 5.89. The number of carbonyl (C=O) groups is 2. The van der Waals surface area contributed by atoms with Crippen molar-refractivity contribution in [3.63, 3.8) is 0 Å². The van der Waals surface area contributed by atoms with Crippen LogP contribution in [0.2, 0.25) is 0 Å². The zero-order chi connectivity index (χ0) is 18.1. The van der Waals surface area contributed by atoms with Crippen LogP contribution < -0.4 is 0 Å². The number of hydrogen-bond acceptors (Lipinski definition) is 4. The molecule has 1 saturated heterocycles. The van der Waals surface area contributed by atoms with Gasteiger partial charge in [0.2, 0.25) is 5.91 Å². The summed E-state index contributed by atoms with van der Waals surface area (Å²) in [7, 11) is 1.86. The fourth-order valence-electron chi connectivity index (χ4n) is 3.48. The lowest BCUT2D eigenvalue weighted by molar-refractivity contribution is -0.138. The van der Waals surface area contributed by atoms with Gasteiger partial charge in [0.25, 0.3) is 0 Å². The lowest BCUT2D eigenvalue weighted by atomic mass is 10.1. The Morgan fingerprint density at radius 3 is 2.84 bits per heavy atom. The Morgan fingerprint density at radius 1 is 1.28 bits per heavy atom. The van der Waals surface area contributed by atoms with Crippen molar-refractivity contribution in [3.05, 3.63) is 22.4 Å². The maximum atomic E-state index is 12.4. The number of aryl methyl sites for hydroxylation is 1. The van der Waals surface area contributed by atoms with E-state index in [-0.39, 0.29) is 18.5 Å². The van der Waals surface area contributed by atoms with Crippen LogP contribution in [0.1, 0.15) is 49.8 Å². The summed E-state index contributed by atoms with van der Waals surface area (Å²) in [6, 6.07) is 4.52. The van der Waals surface area contributed by atoms with E-state index in [0.717, 1.165) is 58.0 Å². The molecule has 140 valence electrons. The molecule has 5 nitrogen and oxygen atoms in total. The Hall–Kier alpha value is -1.40. The van der Waals surface area contributed by atoms with E-state index in [1.165, 1.54) is 4.88 Å². The van der Waals surface area contributed by atoms with Crippen molar-refractivity contribution in [2.75, 3.05) is 26.7 Å². The molecule has 25 heavy (non-hydrogen) atoms. The number of carboxylic acids is 1. The summed E-state index contributed by atoms with van der Waals surface area (Å²) in [5.74, 6) is -0.528. The number of likely N-dealkylation sites (tertiary alicyclic amines) is 1. The van der Waals surface area contributed by atoms with Crippen molar-refractivity contribution >= 4 is 23.2 Å². The van der Waals surface area contributed by atoms with Crippen molar-refractivity contribution in [2.24, 2.45) is 0 Å². The number of unbranched alkanes of at least 4 members (excludes halogenated alkanes) is 2. The lowest BCUT2D eigenvalue weighted by Crippen LogP contribution is -2.37. The quantitative estimate of drug-likeness (QED) is 0.682. The summed E-state index contributed by atoms with van der Waals surface area (Å²) in [4.78, 5) is 28.6. The van der Waals surface area contributed by atoms with Crippen LogP contribution in [0.5, 0.6) is 0 Å². The zero-order valence-electron chi connectivity index (χ0n) is 15.2. The van der Waals surface area contributed by atoms with Gasteiger partial charge in [-0.25, -0.2) is 0 Å². The molecule has 1 aromatic rings. The molecule has 2 rings (SSSR count). The summed E-state index contributed by atoms with van der Waals surface area (Å²) in [6.07, 6.45) is 7.76. The number of carboxylic acid groups (broad SMARTS) is 1. The molecular formula is C19H30N2O3S. The number of carbonyl (C=O) groups excluding carboxylic acids is 1. The lowest BCUT2D eigenvalue weighted by Gasteiger charge is -2.25. The Kier molecular flexibility index (Phi) is 8.41. The maximum Gasteiger partial charge on any atom is 0.317 e. The molecule has 2 heterocycles. The first-order valence-corrected chi connectivity index (χ1v) is 10.2. The summed E-state index contributed by atoms with van der Waals surface area (Å²) in [5.41, 5.74) is 0. The average molecular weight is 367 g/mol. The molecule has 0 radical (unpaired) electrons. The molecule has 1 unspecified atom stereocenters. The highest BCUT2D eigenvalue weighted by Gasteiger charge is 2.23. The van der Waals surface area contributed by atoms with Gasteiger partial charge in [-0.05, 0) is 57.0 Å². The Bertz CT molecular complexity index is 533. The highest BCUT2D eigenvalue weighted by Crippen LogP contribution is 2.18. The van der Waals surface area contributed by atoms with Gasteiger partial charge < -0.3 is 10.0 Å². The molecule has 0 spiro atoms. The highest BCUT2D eigenvalue weighted by molar-refractivity contribution is 7.09. The molecule has 1 aliphatic heterocycles. The summed E-state index contributed by atoms with van der Waals surface area (Å²) >= 11 is 1.80. The second kappa shape index (κ2) is 10.6. The van der Waals surface area contributed by atoms with Crippen molar-refractivity contribution in [1.82, 2.24) is 9.80 Å². The van der Waals surface area contributed by atoms with Gasteiger partial charge in [-0.15, -0.1) is 11.3 Å². The molecule has 0 aromatic carbocycles. The Labute approximate surface area is 154 Å². The Morgan fingerprint density at radius 2 is 2.12 bits per heavy atom. The predicted molar refractivity (Wildman–Crippen MR) is 101 cm³/mol. The number of rotatable bonds is 9. The normalized spacial score (nSPS) is 18.3. The SMILES string of the molecule is CN(CC(=O)O)C1CCCN(C(=O)CCCCCc2cccs2)CC1. The summed E-state index contributed by atoms with van der Waals surface area (Å²) in [5, 5.41) is 11.0. The number of aliphatic carboxylic acids is 1. The molecule has 0 saturated carbocycles. The first-order valence-electron chi connectivity index (χ1n) is 9.28. The Balaban J connectivity index is 1.63. The second-order valence-corrected chi connectivity index (χ2v) is 7.95. The van der Waals surface area contributed by atoms with Gasteiger partial charge in [0, 0.05) is 30.4 Å². The van der Waals surface area contributed by atoms with Crippen molar-refractivity contribution < 1.29 is 14.7 Å². The summed E-state index contributed by atoms with van der Waals surface area (Å²) in [6.45, 7) is 1.64. The van der Waals surface area contributed by atoms with E-state index in [1.54, 1.807) is 11.3 Å². The zero-order valence-corrected chi connectivity index (χ0v) is 16.0. The van der Waals surface area contributed by atoms with Crippen LogP contribution >= 0.6 is 11.3 Å². The molecule has 1 atom stereocenters. The van der Waals surface area contributed by atoms with Crippen LogP contribution in [0.15, 0.2) is 17.5 Å². The first kappa shape index (κ1) is 19.9. The molecular weight excluding hydrogens is 336 g/mol. The van der Waals surface area contributed by atoms with E-state index in [9.17, 15) is 9.59 Å². The van der Waals surface area contributed by atoms with Crippen LogP contribution in [0.3, 0.4) is 0 Å². The van der Waals surface area contributed by atoms with Gasteiger partial charge in [0.05, 0.1) is 6.54 Å². The molecule has 1 N–H and O–H groups in total. The van der Waals surface area contributed by atoms with Gasteiger partial charge in [-0.1, -0.05) is 12.5 Å². The predicted octanol–water partition coefficient (Wildman–Crippen LogP) is 3.25. The number of thiophene rings is 1. The second-order valence-electron chi connectivity index (χ2n) is 6.91. The smallest absolute Gasteiger partial charge is 0.317 e. The van der Waals surface area contributed by atoms with Gasteiger partial charge in [-0.2, -0.15) is 0 Å². The third kappa shape index (κ3) is 7.16. The average Bonchev–Trinajstić information content (AvgIpc) is 2.95. The van der Waals surface area contributed by atoms with Gasteiger partial charge in [0.1, 0.15) is 0 Å². The van der Waals surface area contributed by atoms with Crippen LogP contribution in [0.25, 0.3) is 0 Å². The molecule has 0 aliphatic carbocycles. The molecule has 1 aliphatic rings. The van der Waals surface area contributed by atoms with E-state index in [4.69, 9.17) is 5.11 Å². The molecule has 0 bridgehead atoms. The fraction of sp³-hybridized carbons (Fsp3) is 0.684. The number of likely N-dealkylation sites (N-methyl/N-ethyl adjacent to an activating group) is 1. The maximum absolute atomic E-state index is 12.4. The number of amides is 1. The van der Waals surface area contributed by atoms with Crippen molar-refractivity contribution in [3.8, 4) is 0 Å². The van der Waals surface area contributed by atoms with Crippen LogP contribution in [0.4, 0.5) is 0 Å². The highest BCUT2D eigenvalue weighted by atomic mass is 32.1. The number of hydrogen-bond donors (Lipinski definition) is 1. The minimum absolute atomic E-state index is 0.0723. The van der Waals surface area contributed by atoms with E-state index in [1.807, 2.05) is 16.8 Å². The first-order chi connectivity index (χ1) is 12.1. The van der Waals surface area contributed by atoms with Crippen molar-refractivity contribution in [1.29, 1.82) is 0 Å². The minimum atomic E-state index is -0.790. The van der Waals surface area contributed by atoms with Crippen LogP contribution in [0, 0.1) is 0 Å². The minimum Gasteiger partial charge on any atom is -0.480 e. The van der Waals surface area contributed by atoms with E-state index < -0.39 is 5.97 Å². The van der Waals surface area contributed by atoms with Gasteiger partial charge in [-0.3, -0.25) is 14.5 Å². The largest absolute Gasteiger partial charge is 0.480 e.